The third kappa shape index (κ3) is 4.84. The van der Waals surface area contributed by atoms with Crippen LogP contribution in [0.3, 0.4) is 0 Å². The monoisotopic (exact) mass is 225 g/mol. The zero-order valence-electron chi connectivity index (χ0n) is 9.52. The Kier molecular flexibility index (Phi) is 5.42. The van der Waals surface area contributed by atoms with Crippen LogP contribution in [0.25, 0.3) is 0 Å². The van der Waals surface area contributed by atoms with Crippen molar-refractivity contribution in [3.63, 3.8) is 0 Å². The van der Waals surface area contributed by atoms with E-state index in [-0.39, 0.29) is 5.84 Å². The van der Waals surface area contributed by atoms with Crippen molar-refractivity contribution in [2.45, 2.75) is 32.2 Å². The molecule has 1 aromatic rings. The molecule has 1 unspecified atom stereocenters. The molecule has 1 aromatic heterocycles. The molecule has 16 heavy (non-hydrogen) atoms. The molecule has 1 rings (SSSR count). The predicted octanol–water partition coefficient (Wildman–Crippen LogP) is 1.33. The molecule has 0 spiro atoms. The van der Waals surface area contributed by atoms with Crippen molar-refractivity contribution in [2.24, 2.45) is 10.9 Å². The van der Waals surface area contributed by atoms with E-state index in [1.165, 1.54) is 0 Å². The summed E-state index contributed by atoms with van der Waals surface area (Å²) in [6.45, 7) is 2.82. The van der Waals surface area contributed by atoms with Gasteiger partial charge in [0.05, 0.1) is 6.26 Å². The molecule has 0 bridgehead atoms. The first-order chi connectivity index (χ1) is 7.72. The first-order valence-corrected chi connectivity index (χ1v) is 5.44. The van der Waals surface area contributed by atoms with Gasteiger partial charge in [0.15, 0.2) is 0 Å². The Labute approximate surface area is 95.3 Å². The molecule has 1 atom stereocenters. The number of oxime groups is 1. The number of hydrogen-bond acceptors (Lipinski definition) is 4. The lowest BCUT2D eigenvalue weighted by Crippen LogP contribution is -2.30. The SMILES string of the molecule is CC(CCc1ccco1)NCCC(N)=NO. The minimum atomic E-state index is 0.255. The largest absolute Gasteiger partial charge is 0.469 e. The van der Waals surface area contributed by atoms with E-state index in [1.54, 1.807) is 6.26 Å². The van der Waals surface area contributed by atoms with Gasteiger partial charge in [-0.2, -0.15) is 0 Å². The fourth-order valence-electron chi connectivity index (χ4n) is 1.41. The van der Waals surface area contributed by atoms with Crippen LogP contribution in [0.1, 0.15) is 25.5 Å². The number of aryl methyl sites for hydroxylation is 1. The fourth-order valence-corrected chi connectivity index (χ4v) is 1.41. The van der Waals surface area contributed by atoms with Crippen LogP contribution in [0.5, 0.6) is 0 Å². The Balaban J connectivity index is 2.09. The standard InChI is InChI=1S/C11H19N3O2/c1-9(13-7-6-11(12)14-15)4-5-10-3-2-8-16-10/h2-3,8-9,13,15H,4-7H2,1H3,(H2,12,14). The lowest BCUT2D eigenvalue weighted by molar-refractivity contribution is 0.316. The van der Waals surface area contributed by atoms with Crippen molar-refractivity contribution in [2.75, 3.05) is 6.54 Å². The second-order valence-electron chi connectivity index (χ2n) is 3.81. The lowest BCUT2D eigenvalue weighted by Gasteiger charge is -2.12. The highest BCUT2D eigenvalue weighted by Crippen LogP contribution is 2.05. The van der Waals surface area contributed by atoms with Gasteiger partial charge in [0.2, 0.25) is 0 Å². The second-order valence-corrected chi connectivity index (χ2v) is 3.81. The molecule has 4 N–H and O–H groups in total. The molecule has 5 heteroatoms. The first kappa shape index (κ1) is 12.6. The van der Waals surface area contributed by atoms with E-state index in [0.717, 1.165) is 25.1 Å². The summed E-state index contributed by atoms with van der Waals surface area (Å²) in [6.07, 6.45) is 4.17. The Bertz CT molecular complexity index is 309. The molecule has 0 aromatic carbocycles. The molecule has 0 saturated carbocycles. The highest BCUT2D eigenvalue weighted by atomic mass is 16.4. The van der Waals surface area contributed by atoms with Gasteiger partial charge in [0, 0.05) is 25.4 Å². The topological polar surface area (TPSA) is 83.8 Å². The van der Waals surface area contributed by atoms with E-state index in [2.05, 4.69) is 17.4 Å². The van der Waals surface area contributed by atoms with Gasteiger partial charge in [-0.25, -0.2) is 0 Å². The highest BCUT2D eigenvalue weighted by molar-refractivity contribution is 5.79. The predicted molar refractivity (Wildman–Crippen MR) is 62.5 cm³/mol. The summed E-state index contributed by atoms with van der Waals surface area (Å²) in [5.74, 6) is 1.26. The van der Waals surface area contributed by atoms with Gasteiger partial charge in [-0.05, 0) is 25.5 Å². The average Bonchev–Trinajstić information content (AvgIpc) is 2.79. The molecule has 1 heterocycles. The molecular weight excluding hydrogens is 206 g/mol. The van der Waals surface area contributed by atoms with Gasteiger partial charge >= 0.3 is 0 Å². The van der Waals surface area contributed by atoms with Gasteiger partial charge in [-0.3, -0.25) is 0 Å². The number of nitrogens with one attached hydrogen (secondary N) is 1. The molecular formula is C11H19N3O2. The van der Waals surface area contributed by atoms with E-state index in [4.69, 9.17) is 15.4 Å². The molecule has 90 valence electrons. The summed E-state index contributed by atoms with van der Waals surface area (Å²) >= 11 is 0. The summed E-state index contributed by atoms with van der Waals surface area (Å²) < 4.78 is 5.24. The van der Waals surface area contributed by atoms with Crippen molar-refractivity contribution < 1.29 is 9.62 Å². The van der Waals surface area contributed by atoms with Crippen molar-refractivity contribution in [1.82, 2.24) is 5.32 Å². The highest BCUT2D eigenvalue weighted by Gasteiger charge is 2.03. The van der Waals surface area contributed by atoms with Crippen LogP contribution < -0.4 is 11.1 Å². The average molecular weight is 225 g/mol. The maximum Gasteiger partial charge on any atom is 0.140 e. The second kappa shape index (κ2) is 6.90. The lowest BCUT2D eigenvalue weighted by atomic mass is 10.1. The smallest absolute Gasteiger partial charge is 0.140 e. The van der Waals surface area contributed by atoms with Crippen LogP contribution in [-0.4, -0.2) is 23.6 Å². The Morgan fingerprint density at radius 2 is 2.50 bits per heavy atom. The quantitative estimate of drug-likeness (QED) is 0.283. The van der Waals surface area contributed by atoms with Crippen molar-refractivity contribution in [3.05, 3.63) is 24.2 Å². The van der Waals surface area contributed by atoms with Gasteiger partial charge in [-0.15, -0.1) is 0 Å². The van der Waals surface area contributed by atoms with E-state index < -0.39 is 0 Å². The fraction of sp³-hybridized carbons (Fsp3) is 0.545. The molecule has 0 saturated heterocycles. The number of furan rings is 1. The van der Waals surface area contributed by atoms with Crippen LogP contribution >= 0.6 is 0 Å². The van der Waals surface area contributed by atoms with Gasteiger partial charge in [0.25, 0.3) is 0 Å². The van der Waals surface area contributed by atoms with Crippen molar-refractivity contribution in [1.29, 1.82) is 0 Å². The van der Waals surface area contributed by atoms with Gasteiger partial charge in [-0.1, -0.05) is 5.16 Å². The van der Waals surface area contributed by atoms with Crippen LogP contribution in [0.15, 0.2) is 28.0 Å². The third-order valence-electron chi connectivity index (χ3n) is 2.41. The number of nitrogens with zero attached hydrogens (tertiary/aromatic N) is 1. The summed E-state index contributed by atoms with van der Waals surface area (Å²) in [5.41, 5.74) is 5.36. The Morgan fingerprint density at radius 1 is 1.69 bits per heavy atom. The van der Waals surface area contributed by atoms with E-state index in [1.807, 2.05) is 12.1 Å². The Hall–Kier alpha value is -1.49. The zero-order valence-corrected chi connectivity index (χ0v) is 9.52. The van der Waals surface area contributed by atoms with Crippen LogP contribution in [0.4, 0.5) is 0 Å². The molecule has 5 nitrogen and oxygen atoms in total. The maximum absolute atomic E-state index is 8.35. The van der Waals surface area contributed by atoms with Crippen molar-refractivity contribution >= 4 is 5.84 Å². The molecule has 0 aliphatic rings. The van der Waals surface area contributed by atoms with Crippen LogP contribution in [-0.2, 0) is 6.42 Å². The number of rotatable bonds is 7. The first-order valence-electron chi connectivity index (χ1n) is 5.44. The third-order valence-corrected chi connectivity index (χ3v) is 2.41. The van der Waals surface area contributed by atoms with Gasteiger partial charge < -0.3 is 20.7 Å². The van der Waals surface area contributed by atoms with E-state index >= 15 is 0 Å². The van der Waals surface area contributed by atoms with Crippen LogP contribution in [0, 0.1) is 0 Å². The molecule has 0 aliphatic carbocycles. The number of hydrogen-bond donors (Lipinski definition) is 3. The zero-order chi connectivity index (χ0) is 11.8. The molecule has 0 radical (unpaired) electrons. The Morgan fingerprint density at radius 3 is 3.12 bits per heavy atom. The van der Waals surface area contributed by atoms with Gasteiger partial charge in [0.1, 0.15) is 11.6 Å². The number of nitrogens with two attached hydrogens (primary N) is 1. The molecule has 0 aliphatic heterocycles. The minimum Gasteiger partial charge on any atom is -0.469 e. The van der Waals surface area contributed by atoms with Crippen molar-refractivity contribution in [3.8, 4) is 0 Å². The van der Waals surface area contributed by atoms with E-state index in [9.17, 15) is 0 Å². The number of amidine groups is 1. The summed E-state index contributed by atoms with van der Waals surface area (Å²) in [6, 6.07) is 4.26. The summed E-state index contributed by atoms with van der Waals surface area (Å²) in [4.78, 5) is 0. The minimum absolute atomic E-state index is 0.255. The normalized spacial score (nSPS) is 13.9. The van der Waals surface area contributed by atoms with E-state index in [0.29, 0.717) is 12.5 Å². The summed E-state index contributed by atoms with van der Waals surface area (Å²) in [7, 11) is 0. The summed E-state index contributed by atoms with van der Waals surface area (Å²) in [5, 5.41) is 14.6. The maximum atomic E-state index is 8.35. The molecule has 0 fully saturated rings. The van der Waals surface area contributed by atoms with Crippen LogP contribution in [0.2, 0.25) is 0 Å². The molecule has 0 amide bonds.